The largest absolute Gasteiger partial charge is 0.508 e. The van der Waals surface area contributed by atoms with E-state index < -0.39 is 17.2 Å². The quantitative estimate of drug-likeness (QED) is 0.330. The Bertz CT molecular complexity index is 1630. The van der Waals surface area contributed by atoms with Crippen LogP contribution in [0, 0.1) is 11.6 Å². The van der Waals surface area contributed by atoms with Gasteiger partial charge in [-0.3, -0.25) is 4.98 Å². The molecule has 2 saturated heterocycles. The number of benzene rings is 2. The Morgan fingerprint density at radius 3 is 2.71 bits per heavy atom. The van der Waals surface area contributed by atoms with Gasteiger partial charge in [-0.1, -0.05) is 13.0 Å². The second-order valence-electron chi connectivity index (χ2n) is 11.6. The minimum atomic E-state index is -0.921. The Morgan fingerprint density at radius 1 is 1.15 bits per heavy atom. The van der Waals surface area contributed by atoms with Crippen LogP contribution < -0.4 is 9.64 Å². The summed E-state index contributed by atoms with van der Waals surface area (Å²) in [5, 5.41) is 22.8. The van der Waals surface area contributed by atoms with Gasteiger partial charge in [0.25, 0.3) is 0 Å². The molecule has 2 aliphatic heterocycles. The first kappa shape index (κ1) is 27.5. The summed E-state index contributed by atoms with van der Waals surface area (Å²) < 4.78 is 37.5. The Kier molecular flexibility index (Phi) is 7.15. The van der Waals surface area contributed by atoms with Gasteiger partial charge in [-0.15, -0.1) is 0 Å². The highest BCUT2D eigenvalue weighted by atomic mass is 19.1. The first-order valence-electron chi connectivity index (χ1n) is 14.3. The number of pyridine rings is 1. The van der Waals surface area contributed by atoms with Gasteiger partial charge in [-0.05, 0) is 87.2 Å². The topological polar surface area (TPSA) is 94.8 Å². The number of nitrogens with zero attached hydrogens (tertiary/aromatic N) is 5. The molecule has 2 aliphatic rings. The van der Waals surface area contributed by atoms with Gasteiger partial charge in [-0.2, -0.15) is 9.97 Å². The molecule has 4 aromatic rings. The van der Waals surface area contributed by atoms with E-state index in [9.17, 15) is 14.6 Å². The first-order valence-corrected chi connectivity index (χ1v) is 14.3. The standard InChI is InChI=1S/C31H35F2N5O3/c1-4-21-24(32)9-8-18-13-20(39)14-22(25(18)21)27-26(33)28-23(15-34-27)29(38-12-6-10-31(2,40)17-38)36-30(35-28)41-16-19-7-5-11-37(19)3/h8-9,13-15,19,39-40H,4-7,10-12,16-17H2,1-3H3/t19-,31+/m0/s1. The minimum absolute atomic E-state index is 0.0194. The van der Waals surface area contributed by atoms with Gasteiger partial charge in [-0.25, -0.2) is 8.78 Å². The highest BCUT2D eigenvalue weighted by Crippen LogP contribution is 2.39. The van der Waals surface area contributed by atoms with Crippen molar-refractivity contribution < 1.29 is 23.7 Å². The summed E-state index contributed by atoms with van der Waals surface area (Å²) in [6.45, 7) is 5.93. The fourth-order valence-corrected chi connectivity index (χ4v) is 6.31. The monoisotopic (exact) mass is 563 g/mol. The van der Waals surface area contributed by atoms with Crippen LogP contribution in [0.2, 0.25) is 0 Å². The number of likely N-dealkylation sites (tertiary alicyclic amines) is 1. The first-order chi connectivity index (χ1) is 19.6. The Balaban J connectivity index is 1.53. The molecule has 216 valence electrons. The zero-order chi connectivity index (χ0) is 28.9. The van der Waals surface area contributed by atoms with Crippen LogP contribution >= 0.6 is 0 Å². The van der Waals surface area contributed by atoms with Crippen LogP contribution in [0.3, 0.4) is 0 Å². The Morgan fingerprint density at radius 2 is 1.98 bits per heavy atom. The number of aromatic hydroxyl groups is 1. The number of β-amino-alcohol motifs (C(OH)–C–C–N with tert-alkyl or cyclic N) is 1. The molecule has 0 aliphatic carbocycles. The van der Waals surface area contributed by atoms with Crippen molar-refractivity contribution in [1.29, 1.82) is 0 Å². The van der Waals surface area contributed by atoms with Crippen molar-refractivity contribution in [3.05, 3.63) is 47.7 Å². The molecule has 0 amide bonds. The summed E-state index contributed by atoms with van der Waals surface area (Å²) in [4.78, 5) is 17.8. The second kappa shape index (κ2) is 10.6. The highest BCUT2D eigenvalue weighted by Gasteiger charge is 2.32. The fourth-order valence-electron chi connectivity index (χ4n) is 6.31. The average Bonchev–Trinajstić information content (AvgIpc) is 3.35. The molecule has 10 heteroatoms. The second-order valence-corrected chi connectivity index (χ2v) is 11.6. The van der Waals surface area contributed by atoms with Crippen LogP contribution in [0.5, 0.6) is 11.8 Å². The molecule has 6 rings (SSSR count). The van der Waals surface area contributed by atoms with Crippen LogP contribution in [0.1, 0.15) is 45.1 Å². The Hall–Kier alpha value is -3.63. The lowest BCUT2D eigenvalue weighted by Gasteiger charge is -2.37. The number of aryl methyl sites for hydroxylation is 1. The van der Waals surface area contributed by atoms with Gasteiger partial charge in [0.2, 0.25) is 0 Å². The number of halogens is 2. The van der Waals surface area contributed by atoms with Gasteiger partial charge in [0.1, 0.15) is 35.2 Å². The molecule has 8 nitrogen and oxygen atoms in total. The Labute approximate surface area is 237 Å². The lowest BCUT2D eigenvalue weighted by atomic mass is 9.94. The highest BCUT2D eigenvalue weighted by molar-refractivity contribution is 6.01. The number of hydrogen-bond donors (Lipinski definition) is 2. The molecule has 0 unspecified atom stereocenters. The van der Waals surface area contributed by atoms with Gasteiger partial charge in [0.05, 0.1) is 11.0 Å². The van der Waals surface area contributed by atoms with Crippen LogP contribution in [0.25, 0.3) is 32.9 Å². The number of phenols is 1. The molecule has 2 N–H and O–H groups in total. The molecule has 0 spiro atoms. The maximum absolute atomic E-state index is 16.6. The van der Waals surface area contributed by atoms with E-state index in [1.165, 1.54) is 24.4 Å². The molecule has 2 atom stereocenters. The van der Waals surface area contributed by atoms with E-state index in [0.717, 1.165) is 25.8 Å². The van der Waals surface area contributed by atoms with Crippen molar-refractivity contribution in [3.63, 3.8) is 0 Å². The third-order valence-electron chi connectivity index (χ3n) is 8.46. The third-order valence-corrected chi connectivity index (χ3v) is 8.46. The molecule has 2 aromatic carbocycles. The predicted molar refractivity (Wildman–Crippen MR) is 154 cm³/mol. The number of aromatic nitrogens is 3. The van der Waals surface area contributed by atoms with Crippen LogP contribution in [-0.4, -0.2) is 75.0 Å². The number of hydrogen-bond acceptors (Lipinski definition) is 8. The smallest absolute Gasteiger partial charge is 0.319 e. The van der Waals surface area contributed by atoms with E-state index >= 15 is 4.39 Å². The van der Waals surface area contributed by atoms with E-state index in [1.807, 2.05) is 18.9 Å². The number of rotatable bonds is 6. The predicted octanol–water partition coefficient (Wildman–Crippen LogP) is 5.22. The van der Waals surface area contributed by atoms with Crippen LogP contribution in [0.4, 0.5) is 14.6 Å². The van der Waals surface area contributed by atoms with Crippen LogP contribution in [-0.2, 0) is 6.42 Å². The van der Waals surface area contributed by atoms with Gasteiger partial charge in [0, 0.05) is 30.9 Å². The molecule has 0 radical (unpaired) electrons. The molecule has 2 aromatic heterocycles. The molecule has 4 heterocycles. The number of fused-ring (bicyclic) bond motifs is 2. The number of aliphatic hydroxyl groups is 1. The van der Waals surface area contributed by atoms with E-state index in [1.54, 1.807) is 13.0 Å². The molecular weight excluding hydrogens is 528 g/mol. The van der Waals surface area contributed by atoms with Crippen molar-refractivity contribution in [3.8, 4) is 23.0 Å². The normalized spacial score (nSPS) is 21.7. The summed E-state index contributed by atoms with van der Waals surface area (Å²) in [7, 11) is 2.05. The minimum Gasteiger partial charge on any atom is -0.508 e. The fraction of sp³-hybridized carbons (Fsp3) is 0.452. The van der Waals surface area contributed by atoms with Gasteiger partial charge in [0.15, 0.2) is 5.82 Å². The zero-order valence-corrected chi connectivity index (χ0v) is 23.6. The van der Waals surface area contributed by atoms with E-state index in [-0.39, 0.29) is 34.6 Å². The summed E-state index contributed by atoms with van der Waals surface area (Å²) in [5.74, 6) is -0.742. The SMILES string of the molecule is CCc1c(F)ccc2cc(O)cc(-c3ncc4c(N5CCC[C@@](C)(O)C5)nc(OC[C@@H]5CCCN5C)nc4c3F)c12. The van der Waals surface area contributed by atoms with Gasteiger partial charge >= 0.3 is 6.01 Å². The van der Waals surface area contributed by atoms with E-state index in [2.05, 4.69) is 19.9 Å². The third kappa shape index (κ3) is 5.15. The van der Waals surface area contributed by atoms with Crippen molar-refractivity contribution in [2.75, 3.05) is 38.2 Å². The lowest BCUT2D eigenvalue weighted by Crippen LogP contribution is -2.46. The maximum Gasteiger partial charge on any atom is 0.319 e. The number of piperidine rings is 1. The lowest BCUT2D eigenvalue weighted by molar-refractivity contribution is 0.0447. The molecule has 0 saturated carbocycles. The van der Waals surface area contributed by atoms with E-state index in [4.69, 9.17) is 4.74 Å². The molecule has 41 heavy (non-hydrogen) atoms. The van der Waals surface area contributed by atoms with Crippen molar-refractivity contribution in [1.82, 2.24) is 19.9 Å². The number of ether oxygens (including phenoxy) is 1. The van der Waals surface area contributed by atoms with Gasteiger partial charge < -0.3 is 24.7 Å². The molecule has 0 bridgehead atoms. The molecule has 2 fully saturated rings. The number of anilines is 1. The molecular formula is C31H35F2N5O3. The zero-order valence-electron chi connectivity index (χ0n) is 23.6. The average molecular weight is 564 g/mol. The maximum atomic E-state index is 16.6. The van der Waals surface area contributed by atoms with Crippen molar-refractivity contribution in [2.24, 2.45) is 0 Å². The summed E-state index contributed by atoms with van der Waals surface area (Å²) in [6.07, 6.45) is 5.37. The van der Waals surface area contributed by atoms with Crippen LogP contribution in [0.15, 0.2) is 30.5 Å². The van der Waals surface area contributed by atoms with E-state index in [0.29, 0.717) is 60.1 Å². The summed E-state index contributed by atoms with van der Waals surface area (Å²) in [5.41, 5.74) is -0.244. The van der Waals surface area contributed by atoms with Crippen molar-refractivity contribution in [2.45, 2.75) is 57.6 Å². The van der Waals surface area contributed by atoms with Crippen molar-refractivity contribution >= 4 is 27.5 Å². The number of likely N-dealkylation sites (N-methyl/N-ethyl adjacent to an activating group) is 1. The number of phenolic OH excluding ortho intramolecular Hbond substituents is 1. The summed E-state index contributed by atoms with van der Waals surface area (Å²) >= 11 is 0. The summed E-state index contributed by atoms with van der Waals surface area (Å²) in [6, 6.07) is 6.14.